The number of H-pyrrole nitrogens is 1. The van der Waals surface area contributed by atoms with Crippen molar-refractivity contribution in [3.05, 3.63) is 140 Å². The van der Waals surface area contributed by atoms with Crippen molar-refractivity contribution < 1.29 is 0 Å². The lowest BCUT2D eigenvalue weighted by Crippen LogP contribution is -1.96. The van der Waals surface area contributed by atoms with Crippen LogP contribution in [0.1, 0.15) is 0 Å². The van der Waals surface area contributed by atoms with Crippen LogP contribution in [0.2, 0.25) is 0 Å². The van der Waals surface area contributed by atoms with Gasteiger partial charge in [-0.25, -0.2) is 0 Å². The first-order valence-electron chi connectivity index (χ1n) is 14.7. The minimum absolute atomic E-state index is 1.17. The Morgan fingerprint density at radius 3 is 2.09 bits per heavy atom. The summed E-state index contributed by atoms with van der Waals surface area (Å²) < 4.78 is 2.45. The van der Waals surface area contributed by atoms with Gasteiger partial charge in [-0.3, -0.25) is 0 Å². The van der Waals surface area contributed by atoms with Crippen LogP contribution in [0, 0.1) is 0 Å². The van der Waals surface area contributed by atoms with Crippen LogP contribution < -0.4 is 0 Å². The molecule has 0 unspecified atom stereocenters. The van der Waals surface area contributed by atoms with Gasteiger partial charge in [0.25, 0.3) is 0 Å². The molecule has 7 aromatic carbocycles. The van der Waals surface area contributed by atoms with Gasteiger partial charge in [-0.2, -0.15) is 0 Å². The van der Waals surface area contributed by atoms with Gasteiger partial charge < -0.3 is 9.55 Å². The fraction of sp³-hybridized carbons (Fsp3) is 0. The van der Waals surface area contributed by atoms with Crippen molar-refractivity contribution >= 4 is 66.1 Å². The molecule has 3 heterocycles. The quantitative estimate of drug-likeness (QED) is 0.221. The molecule has 0 aliphatic carbocycles. The molecule has 0 bridgehead atoms. The number of rotatable bonds is 2. The molecule has 0 saturated carbocycles. The number of aromatic nitrogens is 2. The molecule has 0 fully saturated rings. The molecule has 10 rings (SSSR count). The first-order valence-corrected chi connectivity index (χ1v) is 15.5. The Bertz CT molecular complexity index is 2590. The first kappa shape index (κ1) is 23.3. The zero-order valence-electron chi connectivity index (χ0n) is 23.1. The highest BCUT2D eigenvalue weighted by Gasteiger charge is 2.24. The van der Waals surface area contributed by atoms with E-state index < -0.39 is 0 Å². The first-order chi connectivity index (χ1) is 21.3. The van der Waals surface area contributed by atoms with E-state index in [-0.39, 0.29) is 0 Å². The molecule has 9 aromatic rings. The van der Waals surface area contributed by atoms with E-state index >= 15 is 0 Å². The number of nitrogens with one attached hydrogen (secondary N) is 1. The number of benzene rings is 7. The Balaban J connectivity index is 1.31. The maximum atomic E-state index is 3.58. The monoisotopic (exact) mass is 564 g/mol. The van der Waals surface area contributed by atoms with Crippen LogP contribution >= 0.6 is 11.8 Å². The molecule has 0 saturated heterocycles. The molecular formula is C40H24N2S. The summed E-state index contributed by atoms with van der Waals surface area (Å²) in [5.41, 5.74) is 11.1. The lowest BCUT2D eigenvalue weighted by Gasteiger charge is -2.21. The molecule has 1 N–H and O–H groups in total. The van der Waals surface area contributed by atoms with E-state index in [2.05, 4.69) is 149 Å². The topological polar surface area (TPSA) is 20.7 Å². The van der Waals surface area contributed by atoms with Gasteiger partial charge in [0.1, 0.15) is 0 Å². The van der Waals surface area contributed by atoms with Crippen LogP contribution in [-0.2, 0) is 0 Å². The molecule has 43 heavy (non-hydrogen) atoms. The van der Waals surface area contributed by atoms with E-state index in [4.69, 9.17) is 0 Å². The standard InChI is InChI=1S/C40H24N2S/c1-2-9-26(10-3-1)42-35-20-18-25(24-17-19-34-31(21-24)27-11-4-6-15-33(27)41-34)22-32(35)39-30-14-8-13-29-28-12-5-7-16-37(28)43-38(40(29)30)23-36(39)42/h1-23,41H. The van der Waals surface area contributed by atoms with Crippen LogP contribution in [-0.4, -0.2) is 9.55 Å². The molecule has 200 valence electrons. The van der Waals surface area contributed by atoms with E-state index in [0.717, 1.165) is 0 Å². The molecule has 1 aliphatic heterocycles. The van der Waals surface area contributed by atoms with Gasteiger partial charge in [0.05, 0.1) is 11.0 Å². The minimum atomic E-state index is 1.17. The molecular weight excluding hydrogens is 541 g/mol. The SMILES string of the molecule is c1ccc(-n2c3ccc(-c4ccc5[nH]c6ccccc6c5c4)cc3c3c4cccc5c4c(cc32)Sc2ccccc2-5)cc1. The van der Waals surface area contributed by atoms with Crippen LogP contribution in [0.4, 0.5) is 0 Å². The van der Waals surface area contributed by atoms with Crippen LogP contribution in [0.5, 0.6) is 0 Å². The summed E-state index contributed by atoms with van der Waals surface area (Å²) in [6.45, 7) is 0. The van der Waals surface area contributed by atoms with Gasteiger partial charge in [0.15, 0.2) is 0 Å². The Morgan fingerprint density at radius 2 is 1.16 bits per heavy atom. The van der Waals surface area contributed by atoms with Crippen molar-refractivity contribution in [3.8, 4) is 27.9 Å². The molecule has 0 spiro atoms. The fourth-order valence-electron chi connectivity index (χ4n) is 7.22. The van der Waals surface area contributed by atoms with Crippen LogP contribution in [0.15, 0.2) is 149 Å². The Morgan fingerprint density at radius 1 is 0.442 bits per heavy atom. The van der Waals surface area contributed by atoms with Gasteiger partial charge in [-0.1, -0.05) is 96.7 Å². The van der Waals surface area contributed by atoms with E-state index in [9.17, 15) is 0 Å². The van der Waals surface area contributed by atoms with Gasteiger partial charge in [0, 0.05) is 53.4 Å². The summed E-state index contributed by atoms with van der Waals surface area (Å²) in [6, 6.07) is 51.2. The van der Waals surface area contributed by atoms with Gasteiger partial charge in [-0.05, 0) is 82.2 Å². The Labute approximate surface area is 252 Å². The van der Waals surface area contributed by atoms with Crippen LogP contribution in [0.25, 0.3) is 82.3 Å². The summed E-state index contributed by atoms with van der Waals surface area (Å²) in [5, 5.41) is 7.79. The third-order valence-electron chi connectivity index (χ3n) is 9.10. The fourth-order valence-corrected chi connectivity index (χ4v) is 8.38. The predicted molar refractivity (Wildman–Crippen MR) is 183 cm³/mol. The second kappa shape index (κ2) is 8.64. The van der Waals surface area contributed by atoms with Crippen molar-refractivity contribution in [2.24, 2.45) is 0 Å². The minimum Gasteiger partial charge on any atom is -0.355 e. The predicted octanol–water partition coefficient (Wildman–Crippen LogP) is 11.4. The molecule has 3 heteroatoms. The highest BCUT2D eigenvalue weighted by molar-refractivity contribution is 7.99. The van der Waals surface area contributed by atoms with Gasteiger partial charge >= 0.3 is 0 Å². The summed E-state index contributed by atoms with van der Waals surface area (Å²) in [6.07, 6.45) is 0. The summed E-state index contributed by atoms with van der Waals surface area (Å²) >= 11 is 1.89. The third kappa shape index (κ3) is 3.26. The largest absolute Gasteiger partial charge is 0.355 e. The Kier molecular flexibility index (Phi) is 4.68. The molecule has 2 nitrogen and oxygen atoms in total. The average Bonchev–Trinajstić information content (AvgIpc) is 3.60. The average molecular weight is 565 g/mol. The molecule has 0 amide bonds. The lowest BCUT2D eigenvalue weighted by atomic mass is 9.94. The number of aromatic amines is 1. The van der Waals surface area contributed by atoms with E-state index in [0.29, 0.717) is 0 Å². The highest BCUT2D eigenvalue weighted by atomic mass is 32.2. The zero-order valence-corrected chi connectivity index (χ0v) is 24.0. The number of para-hydroxylation sites is 2. The number of nitrogens with zero attached hydrogens (tertiary/aromatic N) is 1. The second-order valence-corrected chi connectivity index (χ2v) is 12.5. The Hall–Kier alpha value is -5.25. The number of fused-ring (bicyclic) bond motifs is 9. The van der Waals surface area contributed by atoms with E-state index in [1.807, 2.05) is 11.8 Å². The zero-order chi connectivity index (χ0) is 28.1. The van der Waals surface area contributed by atoms with E-state index in [1.54, 1.807) is 0 Å². The van der Waals surface area contributed by atoms with Crippen molar-refractivity contribution in [2.45, 2.75) is 9.79 Å². The summed E-state index contributed by atoms with van der Waals surface area (Å²) in [4.78, 5) is 6.22. The van der Waals surface area contributed by atoms with E-state index in [1.165, 1.54) is 92.1 Å². The second-order valence-electron chi connectivity index (χ2n) is 11.4. The van der Waals surface area contributed by atoms with Gasteiger partial charge in [0.2, 0.25) is 0 Å². The third-order valence-corrected chi connectivity index (χ3v) is 10.2. The van der Waals surface area contributed by atoms with Crippen molar-refractivity contribution in [1.82, 2.24) is 9.55 Å². The van der Waals surface area contributed by atoms with Crippen molar-refractivity contribution in [1.29, 1.82) is 0 Å². The maximum absolute atomic E-state index is 3.58. The molecule has 2 aromatic heterocycles. The number of hydrogen-bond acceptors (Lipinski definition) is 1. The lowest BCUT2D eigenvalue weighted by molar-refractivity contribution is 1.18. The molecule has 0 atom stereocenters. The highest BCUT2D eigenvalue weighted by Crippen LogP contribution is 2.51. The molecule has 1 aliphatic rings. The number of hydrogen-bond donors (Lipinski definition) is 1. The summed E-state index contributed by atoms with van der Waals surface area (Å²) in [7, 11) is 0. The smallest absolute Gasteiger partial charge is 0.0558 e. The molecule has 0 radical (unpaired) electrons. The maximum Gasteiger partial charge on any atom is 0.0558 e. The van der Waals surface area contributed by atoms with Crippen LogP contribution in [0.3, 0.4) is 0 Å². The van der Waals surface area contributed by atoms with Gasteiger partial charge in [-0.15, -0.1) is 0 Å². The summed E-state index contributed by atoms with van der Waals surface area (Å²) in [5.74, 6) is 0. The van der Waals surface area contributed by atoms with Crippen molar-refractivity contribution in [3.63, 3.8) is 0 Å². The van der Waals surface area contributed by atoms with Crippen molar-refractivity contribution in [2.75, 3.05) is 0 Å². The normalized spacial score (nSPS) is 12.6.